The summed E-state index contributed by atoms with van der Waals surface area (Å²) in [7, 11) is 0. The van der Waals surface area contributed by atoms with Crippen LogP contribution in [0.2, 0.25) is 0 Å². The van der Waals surface area contributed by atoms with Gasteiger partial charge in [-0.15, -0.1) is 0 Å². The smallest absolute Gasteiger partial charge is 0.338 e. The van der Waals surface area contributed by atoms with Crippen LogP contribution in [0.4, 0.5) is 0 Å². The van der Waals surface area contributed by atoms with Gasteiger partial charge in [-0.05, 0) is 30.0 Å². The van der Waals surface area contributed by atoms with E-state index in [1.54, 1.807) is 24.4 Å². The van der Waals surface area contributed by atoms with Gasteiger partial charge in [-0.1, -0.05) is 33.9 Å². The maximum absolute atomic E-state index is 11.9. The maximum Gasteiger partial charge on any atom is 0.338 e. The lowest BCUT2D eigenvalue weighted by atomic mass is 9.88. The summed E-state index contributed by atoms with van der Waals surface area (Å²) in [6, 6.07) is 3.40. The Hall–Kier alpha value is -1.90. The Morgan fingerprint density at radius 2 is 2.17 bits per heavy atom. The molecule has 0 aliphatic carbocycles. The van der Waals surface area contributed by atoms with Crippen molar-refractivity contribution in [1.29, 1.82) is 0 Å². The lowest BCUT2D eigenvalue weighted by molar-refractivity contribution is -0.130. The van der Waals surface area contributed by atoms with Crippen LogP contribution < -0.4 is 4.74 Å². The second kappa shape index (κ2) is 5.63. The van der Waals surface area contributed by atoms with Gasteiger partial charge in [0.05, 0.1) is 0 Å². The Kier molecular flexibility index (Phi) is 4.43. The van der Waals surface area contributed by atoms with Crippen molar-refractivity contribution in [2.75, 3.05) is 0 Å². The molecule has 0 amide bonds. The Balaban J connectivity index is 2.76. The zero-order valence-electron chi connectivity index (χ0n) is 11.2. The third-order valence-electron chi connectivity index (χ3n) is 2.23. The molecule has 1 rings (SSSR count). The SMILES string of the molecule is C=Cc1ncccc1OC(=O)C(=C)CC(C)(C)C. The van der Waals surface area contributed by atoms with E-state index in [4.69, 9.17) is 4.74 Å². The van der Waals surface area contributed by atoms with E-state index >= 15 is 0 Å². The number of carbonyl (C=O) groups excluding carboxylic acids is 1. The highest BCUT2D eigenvalue weighted by Gasteiger charge is 2.19. The van der Waals surface area contributed by atoms with Crippen LogP contribution in [-0.4, -0.2) is 11.0 Å². The molecule has 0 aliphatic heterocycles. The molecule has 18 heavy (non-hydrogen) atoms. The zero-order valence-corrected chi connectivity index (χ0v) is 11.2. The molecule has 0 saturated heterocycles. The van der Waals surface area contributed by atoms with Gasteiger partial charge in [0.2, 0.25) is 0 Å². The number of nitrogens with zero attached hydrogens (tertiary/aromatic N) is 1. The van der Waals surface area contributed by atoms with Crippen molar-refractivity contribution in [3.63, 3.8) is 0 Å². The predicted molar refractivity (Wildman–Crippen MR) is 73.2 cm³/mol. The van der Waals surface area contributed by atoms with Crippen LogP contribution in [0.3, 0.4) is 0 Å². The minimum absolute atomic E-state index is 0.00626. The van der Waals surface area contributed by atoms with E-state index in [-0.39, 0.29) is 5.41 Å². The Morgan fingerprint density at radius 1 is 1.50 bits per heavy atom. The molecule has 0 radical (unpaired) electrons. The summed E-state index contributed by atoms with van der Waals surface area (Å²) >= 11 is 0. The van der Waals surface area contributed by atoms with E-state index in [2.05, 4.69) is 18.1 Å². The number of hydrogen-bond acceptors (Lipinski definition) is 3. The minimum Gasteiger partial charge on any atom is -0.421 e. The largest absolute Gasteiger partial charge is 0.421 e. The van der Waals surface area contributed by atoms with Gasteiger partial charge < -0.3 is 4.74 Å². The molecule has 1 aromatic heterocycles. The van der Waals surface area contributed by atoms with Gasteiger partial charge in [-0.2, -0.15) is 0 Å². The van der Waals surface area contributed by atoms with Crippen LogP contribution in [0.15, 0.2) is 37.1 Å². The first-order valence-corrected chi connectivity index (χ1v) is 5.81. The van der Waals surface area contributed by atoms with Gasteiger partial charge in [0.1, 0.15) is 5.69 Å². The van der Waals surface area contributed by atoms with Gasteiger partial charge >= 0.3 is 5.97 Å². The van der Waals surface area contributed by atoms with Crippen molar-refractivity contribution in [1.82, 2.24) is 4.98 Å². The first-order valence-electron chi connectivity index (χ1n) is 5.81. The van der Waals surface area contributed by atoms with Gasteiger partial charge in [0.15, 0.2) is 5.75 Å². The van der Waals surface area contributed by atoms with Gasteiger partial charge in [-0.25, -0.2) is 4.79 Å². The van der Waals surface area contributed by atoms with Crippen LogP contribution >= 0.6 is 0 Å². The molecule has 0 N–H and O–H groups in total. The number of hydrogen-bond donors (Lipinski definition) is 0. The third kappa shape index (κ3) is 4.17. The molecule has 0 spiro atoms. The van der Waals surface area contributed by atoms with Crippen molar-refractivity contribution in [2.45, 2.75) is 27.2 Å². The number of aromatic nitrogens is 1. The van der Waals surface area contributed by atoms with E-state index in [9.17, 15) is 4.79 Å². The monoisotopic (exact) mass is 245 g/mol. The highest BCUT2D eigenvalue weighted by atomic mass is 16.5. The first kappa shape index (κ1) is 14.2. The van der Waals surface area contributed by atoms with E-state index in [1.165, 1.54) is 0 Å². The van der Waals surface area contributed by atoms with Gasteiger partial charge in [0.25, 0.3) is 0 Å². The number of esters is 1. The molecule has 1 heterocycles. The minimum atomic E-state index is -0.416. The fourth-order valence-corrected chi connectivity index (χ4v) is 1.53. The van der Waals surface area contributed by atoms with Crippen molar-refractivity contribution in [3.05, 3.63) is 42.8 Å². The molecule has 3 nitrogen and oxygen atoms in total. The van der Waals surface area contributed by atoms with Crippen molar-refractivity contribution in [3.8, 4) is 5.75 Å². The zero-order chi connectivity index (χ0) is 13.8. The topological polar surface area (TPSA) is 39.2 Å². The Bertz CT molecular complexity index is 470. The maximum atomic E-state index is 11.9. The Labute approximate surface area is 108 Å². The quantitative estimate of drug-likeness (QED) is 0.600. The third-order valence-corrected chi connectivity index (χ3v) is 2.23. The summed E-state index contributed by atoms with van der Waals surface area (Å²) in [5.41, 5.74) is 1.02. The average Bonchev–Trinajstić information content (AvgIpc) is 2.27. The molecule has 0 saturated carbocycles. The van der Waals surface area contributed by atoms with Crippen LogP contribution in [0.5, 0.6) is 5.75 Å². The lowest BCUT2D eigenvalue weighted by Crippen LogP contribution is -2.16. The van der Waals surface area contributed by atoms with Gasteiger partial charge in [0, 0.05) is 11.8 Å². The molecule has 0 atom stereocenters. The van der Waals surface area contributed by atoms with Crippen LogP contribution in [0.1, 0.15) is 32.9 Å². The highest BCUT2D eigenvalue weighted by Crippen LogP contribution is 2.25. The summed E-state index contributed by atoms with van der Waals surface area (Å²) < 4.78 is 5.27. The summed E-state index contributed by atoms with van der Waals surface area (Å²) in [6.45, 7) is 13.5. The van der Waals surface area contributed by atoms with E-state index in [1.807, 2.05) is 20.8 Å². The summed E-state index contributed by atoms with van der Waals surface area (Å²) in [5.74, 6) is -0.00594. The summed E-state index contributed by atoms with van der Waals surface area (Å²) in [4.78, 5) is 15.9. The second-order valence-electron chi connectivity index (χ2n) is 5.32. The number of ether oxygens (including phenoxy) is 1. The van der Waals surface area contributed by atoms with E-state index in [0.29, 0.717) is 23.4 Å². The standard InChI is InChI=1S/C15H19NO2/c1-6-12-13(8-7-9-16-12)18-14(17)11(2)10-15(3,4)5/h6-9H,1-2,10H2,3-5H3. The fourth-order valence-electron chi connectivity index (χ4n) is 1.53. The molecule has 0 unspecified atom stereocenters. The normalized spacial score (nSPS) is 10.8. The number of carbonyl (C=O) groups is 1. The van der Waals surface area contributed by atoms with Crippen molar-refractivity contribution < 1.29 is 9.53 Å². The van der Waals surface area contributed by atoms with E-state index < -0.39 is 5.97 Å². The molecule has 0 aliphatic rings. The Morgan fingerprint density at radius 3 is 2.72 bits per heavy atom. The molecule has 0 aromatic carbocycles. The molecular formula is C15H19NO2. The summed E-state index contributed by atoms with van der Waals surface area (Å²) in [6.07, 6.45) is 3.77. The first-order chi connectivity index (χ1) is 8.33. The molecule has 1 aromatic rings. The predicted octanol–water partition coefficient (Wildman–Crippen LogP) is 3.62. The molecular weight excluding hydrogens is 226 g/mol. The van der Waals surface area contributed by atoms with Gasteiger partial charge in [-0.3, -0.25) is 4.98 Å². The average molecular weight is 245 g/mol. The number of pyridine rings is 1. The van der Waals surface area contributed by atoms with Crippen LogP contribution in [0.25, 0.3) is 6.08 Å². The number of rotatable bonds is 4. The second-order valence-corrected chi connectivity index (χ2v) is 5.32. The highest BCUT2D eigenvalue weighted by molar-refractivity contribution is 5.89. The van der Waals surface area contributed by atoms with Crippen LogP contribution in [0, 0.1) is 5.41 Å². The lowest BCUT2D eigenvalue weighted by Gasteiger charge is -2.18. The van der Waals surface area contributed by atoms with Crippen molar-refractivity contribution >= 4 is 12.0 Å². The molecule has 0 bridgehead atoms. The summed E-state index contributed by atoms with van der Waals surface area (Å²) in [5, 5.41) is 0. The van der Waals surface area contributed by atoms with Crippen molar-refractivity contribution in [2.24, 2.45) is 5.41 Å². The fraction of sp³-hybridized carbons (Fsp3) is 0.333. The van der Waals surface area contributed by atoms with Crippen LogP contribution in [-0.2, 0) is 4.79 Å². The van der Waals surface area contributed by atoms with E-state index in [0.717, 1.165) is 0 Å². The molecule has 3 heteroatoms. The molecule has 0 fully saturated rings. The molecule has 96 valence electrons.